The summed E-state index contributed by atoms with van der Waals surface area (Å²) in [5.41, 5.74) is 8.03. The maximum Gasteiger partial charge on any atom is 0.223 e. The molecule has 0 bridgehead atoms. The molecule has 2 aliphatic heterocycles. The molecule has 2 atom stereocenters. The van der Waals surface area contributed by atoms with Gasteiger partial charge in [0.1, 0.15) is 5.82 Å². The Hall–Kier alpha value is -2.98. The average molecular weight is 441 g/mol. The van der Waals surface area contributed by atoms with Crippen LogP contribution in [-0.2, 0) is 24.3 Å². The van der Waals surface area contributed by atoms with Crippen LogP contribution in [0.2, 0.25) is 0 Å². The van der Waals surface area contributed by atoms with E-state index in [0.717, 1.165) is 44.5 Å². The highest BCUT2D eigenvalue weighted by Crippen LogP contribution is 2.37. The molecule has 168 valence electrons. The van der Waals surface area contributed by atoms with Crippen LogP contribution >= 0.6 is 0 Å². The first-order chi connectivity index (χ1) is 16.1. The number of halogens is 1. The summed E-state index contributed by atoms with van der Waals surface area (Å²) in [6.45, 7) is 3.60. The number of hydrogen-bond donors (Lipinski definition) is 0. The van der Waals surface area contributed by atoms with Crippen LogP contribution in [0.3, 0.4) is 0 Å². The number of fused-ring (bicyclic) bond motifs is 4. The molecule has 0 aromatic heterocycles. The van der Waals surface area contributed by atoms with Crippen LogP contribution in [0.5, 0.6) is 0 Å². The molecule has 2 heterocycles. The smallest absolute Gasteiger partial charge is 0.223 e. The number of carbonyl (C=O) groups is 1. The third-order valence-electron chi connectivity index (χ3n) is 7.76. The molecule has 3 aliphatic rings. The highest BCUT2D eigenvalue weighted by atomic mass is 19.1. The lowest BCUT2D eigenvalue weighted by Crippen LogP contribution is -2.55. The number of amides is 1. The molecule has 33 heavy (non-hydrogen) atoms. The van der Waals surface area contributed by atoms with Crippen molar-refractivity contribution in [2.75, 3.05) is 13.1 Å². The lowest BCUT2D eigenvalue weighted by atomic mass is 9.83. The molecule has 0 spiro atoms. The summed E-state index contributed by atoms with van der Waals surface area (Å²) >= 11 is 0. The third kappa shape index (κ3) is 3.97. The lowest BCUT2D eigenvalue weighted by molar-refractivity contribution is -0.142. The van der Waals surface area contributed by atoms with Gasteiger partial charge in [-0.05, 0) is 70.7 Å². The minimum atomic E-state index is -0.231. The van der Waals surface area contributed by atoms with Gasteiger partial charge in [-0.25, -0.2) is 4.39 Å². The second-order valence-electron chi connectivity index (χ2n) is 9.86. The maximum absolute atomic E-state index is 13.3. The molecular formula is C29H29FN2O. The molecule has 4 heteroatoms. The van der Waals surface area contributed by atoms with Crippen LogP contribution < -0.4 is 0 Å². The fraction of sp³-hybridized carbons (Fsp3) is 0.345. The Morgan fingerprint density at radius 1 is 0.848 bits per heavy atom. The Kier molecular flexibility index (Phi) is 5.26. The Bertz CT molecular complexity index is 1190. The molecule has 2 fully saturated rings. The quantitative estimate of drug-likeness (QED) is 0.424. The number of carbonyl (C=O) groups excluding carboxylic acids is 1. The first kappa shape index (κ1) is 20.6. The molecule has 0 saturated carbocycles. The zero-order valence-electron chi connectivity index (χ0n) is 18.8. The van der Waals surface area contributed by atoms with Crippen LogP contribution in [0.1, 0.15) is 41.5 Å². The van der Waals surface area contributed by atoms with Crippen molar-refractivity contribution in [3.05, 3.63) is 94.8 Å². The van der Waals surface area contributed by atoms with E-state index in [1.807, 2.05) is 0 Å². The number of piperidine rings is 2. The Balaban J connectivity index is 1.13. The number of nitrogens with zero attached hydrogens (tertiary/aromatic N) is 2. The van der Waals surface area contributed by atoms with Crippen molar-refractivity contribution >= 4 is 5.91 Å². The van der Waals surface area contributed by atoms with Crippen molar-refractivity contribution < 1.29 is 9.18 Å². The average Bonchev–Trinajstić information content (AvgIpc) is 3.20. The summed E-state index contributed by atoms with van der Waals surface area (Å²) in [5.74, 6) is 0.521. The SMILES string of the molecule is O=C1CC[C@@H]2CN(Cc3ccc4c(c3)Cc3ccccc3-4)CC[C@@H]2N1Cc1ccc(F)cc1. The zero-order valence-corrected chi connectivity index (χ0v) is 18.8. The molecule has 3 aromatic carbocycles. The molecule has 0 N–H and O–H groups in total. The predicted molar refractivity (Wildman–Crippen MR) is 128 cm³/mol. The molecule has 0 unspecified atom stereocenters. The van der Waals surface area contributed by atoms with Gasteiger partial charge in [0.2, 0.25) is 5.91 Å². The summed E-state index contributed by atoms with van der Waals surface area (Å²) in [6, 6.07) is 22.6. The summed E-state index contributed by atoms with van der Waals surface area (Å²) in [6.07, 6.45) is 3.63. The van der Waals surface area contributed by atoms with E-state index in [2.05, 4.69) is 52.3 Å². The molecule has 0 radical (unpaired) electrons. The summed E-state index contributed by atoms with van der Waals surface area (Å²) in [4.78, 5) is 17.4. The highest BCUT2D eigenvalue weighted by Gasteiger charge is 2.39. The van der Waals surface area contributed by atoms with Crippen molar-refractivity contribution in [2.45, 2.75) is 44.8 Å². The number of likely N-dealkylation sites (tertiary alicyclic amines) is 2. The van der Waals surface area contributed by atoms with Crippen molar-refractivity contribution in [3.63, 3.8) is 0 Å². The molecule has 6 rings (SSSR count). The standard InChI is InChI=1S/C29H29FN2O/c30-25-9-5-20(6-10-25)18-32-28-13-14-31(19-23(28)8-12-29(32)33)17-21-7-11-27-24(15-21)16-22-3-1-2-4-26(22)27/h1-7,9-11,15,23,28H,8,12-14,16-19H2/t23-,28+/m1/s1. The van der Waals surface area contributed by atoms with Crippen molar-refractivity contribution in [2.24, 2.45) is 5.92 Å². The van der Waals surface area contributed by atoms with Crippen molar-refractivity contribution in [1.82, 2.24) is 9.80 Å². The van der Waals surface area contributed by atoms with Gasteiger partial charge in [-0.2, -0.15) is 0 Å². The summed E-state index contributed by atoms with van der Waals surface area (Å²) in [5, 5.41) is 0. The van der Waals surface area contributed by atoms with E-state index in [1.54, 1.807) is 12.1 Å². The van der Waals surface area contributed by atoms with Gasteiger partial charge in [-0.15, -0.1) is 0 Å². The van der Waals surface area contributed by atoms with Gasteiger partial charge in [0.05, 0.1) is 0 Å². The predicted octanol–water partition coefficient (Wildman–Crippen LogP) is 5.41. The highest BCUT2D eigenvalue weighted by molar-refractivity contribution is 5.78. The Labute approximate surface area is 194 Å². The molecule has 3 nitrogen and oxygen atoms in total. The minimum absolute atomic E-state index is 0.231. The van der Waals surface area contributed by atoms with E-state index >= 15 is 0 Å². The molecule has 1 amide bonds. The van der Waals surface area contributed by atoms with E-state index in [4.69, 9.17) is 0 Å². The van der Waals surface area contributed by atoms with Gasteiger partial charge < -0.3 is 4.90 Å². The van der Waals surface area contributed by atoms with E-state index in [1.165, 1.54) is 39.9 Å². The van der Waals surface area contributed by atoms with Crippen LogP contribution in [-0.4, -0.2) is 34.8 Å². The Morgan fingerprint density at radius 3 is 2.52 bits per heavy atom. The van der Waals surface area contributed by atoms with Gasteiger partial charge in [-0.3, -0.25) is 9.69 Å². The minimum Gasteiger partial charge on any atom is -0.335 e. The number of rotatable bonds is 4. The van der Waals surface area contributed by atoms with Crippen LogP contribution in [0, 0.1) is 11.7 Å². The van der Waals surface area contributed by atoms with Gasteiger partial charge >= 0.3 is 0 Å². The molecule has 1 aliphatic carbocycles. The van der Waals surface area contributed by atoms with Crippen LogP contribution in [0.25, 0.3) is 11.1 Å². The zero-order chi connectivity index (χ0) is 22.4. The first-order valence-electron chi connectivity index (χ1n) is 12.1. The van der Waals surface area contributed by atoms with E-state index in [-0.39, 0.29) is 11.7 Å². The summed E-state index contributed by atoms with van der Waals surface area (Å²) < 4.78 is 13.3. The fourth-order valence-electron chi connectivity index (χ4n) is 6.12. The first-order valence-corrected chi connectivity index (χ1v) is 12.1. The second kappa shape index (κ2) is 8.42. The van der Waals surface area contributed by atoms with E-state index in [0.29, 0.717) is 24.9 Å². The van der Waals surface area contributed by atoms with E-state index in [9.17, 15) is 9.18 Å². The van der Waals surface area contributed by atoms with Gasteiger partial charge in [-0.1, -0.05) is 54.6 Å². The van der Waals surface area contributed by atoms with Crippen molar-refractivity contribution in [3.8, 4) is 11.1 Å². The maximum atomic E-state index is 13.3. The van der Waals surface area contributed by atoms with Gasteiger partial charge in [0.15, 0.2) is 0 Å². The second-order valence-corrected chi connectivity index (χ2v) is 9.86. The van der Waals surface area contributed by atoms with Crippen LogP contribution in [0.15, 0.2) is 66.7 Å². The Morgan fingerprint density at radius 2 is 1.64 bits per heavy atom. The normalized spacial score (nSPS) is 22.1. The van der Waals surface area contributed by atoms with Gasteiger partial charge in [0, 0.05) is 38.6 Å². The lowest BCUT2D eigenvalue weighted by Gasteiger charge is -2.47. The largest absolute Gasteiger partial charge is 0.335 e. The van der Waals surface area contributed by atoms with Crippen LogP contribution in [0.4, 0.5) is 4.39 Å². The number of hydrogen-bond acceptors (Lipinski definition) is 2. The number of benzene rings is 3. The fourth-order valence-corrected chi connectivity index (χ4v) is 6.12. The molecule has 3 aromatic rings. The van der Waals surface area contributed by atoms with E-state index < -0.39 is 0 Å². The topological polar surface area (TPSA) is 23.6 Å². The molecular weight excluding hydrogens is 411 g/mol. The monoisotopic (exact) mass is 440 g/mol. The van der Waals surface area contributed by atoms with Crippen molar-refractivity contribution in [1.29, 1.82) is 0 Å². The molecule has 2 saturated heterocycles. The third-order valence-corrected chi connectivity index (χ3v) is 7.76. The summed E-state index contributed by atoms with van der Waals surface area (Å²) in [7, 11) is 0. The van der Waals surface area contributed by atoms with Gasteiger partial charge in [0.25, 0.3) is 0 Å².